The normalized spacial score (nSPS) is 25.9. The Labute approximate surface area is 66.4 Å². The van der Waals surface area contributed by atoms with Gasteiger partial charge in [-0.05, 0) is 26.4 Å². The first-order valence-electron chi connectivity index (χ1n) is 3.15. The topological polar surface area (TPSA) is 40.5 Å². The molecule has 1 rings (SSSR count). The van der Waals surface area contributed by atoms with Crippen LogP contribution in [-0.2, 0) is 4.79 Å². The summed E-state index contributed by atoms with van der Waals surface area (Å²) in [7, 11) is 1.85. The third-order valence-electron chi connectivity index (χ3n) is 1.81. The lowest BCUT2D eigenvalue weighted by Gasteiger charge is -2.13. The molecular weight excluding hydrogens is 154 g/mol. The number of nitrogens with zero attached hydrogens (tertiary/aromatic N) is 1. The van der Waals surface area contributed by atoms with Gasteiger partial charge in [0, 0.05) is 0 Å². The molecule has 0 spiro atoms. The minimum absolute atomic E-state index is 0. The second kappa shape index (κ2) is 3.78. The summed E-state index contributed by atoms with van der Waals surface area (Å²) >= 11 is 0. The summed E-state index contributed by atoms with van der Waals surface area (Å²) in [6, 6.07) is -0.218. The number of carbonyl (C=O) groups is 1. The molecule has 1 aliphatic rings. The van der Waals surface area contributed by atoms with Crippen molar-refractivity contribution in [2.75, 3.05) is 13.6 Å². The van der Waals surface area contributed by atoms with Crippen LogP contribution in [0.4, 0.5) is 0 Å². The number of likely N-dealkylation sites (N-methyl/N-ethyl adjacent to an activating group) is 1. The average Bonchev–Trinajstić information content (AvgIpc) is 2.13. The molecule has 3 nitrogen and oxygen atoms in total. The Morgan fingerprint density at radius 2 is 2.30 bits per heavy atom. The van der Waals surface area contributed by atoms with Crippen LogP contribution in [0.25, 0.3) is 0 Å². The van der Waals surface area contributed by atoms with Crippen LogP contribution in [0.3, 0.4) is 0 Å². The molecule has 0 aromatic carbocycles. The van der Waals surface area contributed by atoms with Crippen molar-refractivity contribution in [1.29, 1.82) is 0 Å². The van der Waals surface area contributed by atoms with Gasteiger partial charge in [-0.2, -0.15) is 0 Å². The first kappa shape index (κ1) is 9.72. The molecule has 1 atom stereocenters. The fourth-order valence-electron chi connectivity index (χ4n) is 1.22. The predicted octanol–water partition coefficient (Wildman–Crippen LogP) is 0.587. The van der Waals surface area contributed by atoms with Crippen LogP contribution in [0.2, 0.25) is 0 Å². The lowest BCUT2D eigenvalue weighted by Crippen LogP contribution is -2.32. The van der Waals surface area contributed by atoms with Crippen LogP contribution in [0.15, 0.2) is 0 Å². The number of rotatable bonds is 1. The van der Waals surface area contributed by atoms with Crippen molar-refractivity contribution in [3.05, 3.63) is 0 Å². The van der Waals surface area contributed by atoms with Crippen LogP contribution in [0.5, 0.6) is 0 Å². The first-order valence-corrected chi connectivity index (χ1v) is 3.15. The molecule has 0 radical (unpaired) electrons. The molecule has 1 aliphatic heterocycles. The summed E-state index contributed by atoms with van der Waals surface area (Å²) < 4.78 is 0. The largest absolute Gasteiger partial charge is 0.480 e. The van der Waals surface area contributed by atoms with E-state index in [2.05, 4.69) is 0 Å². The van der Waals surface area contributed by atoms with E-state index in [9.17, 15) is 4.79 Å². The van der Waals surface area contributed by atoms with E-state index < -0.39 is 5.97 Å². The van der Waals surface area contributed by atoms with Crippen molar-refractivity contribution in [2.24, 2.45) is 0 Å². The zero-order valence-electron chi connectivity index (χ0n) is 5.91. The second-order valence-electron chi connectivity index (χ2n) is 2.48. The van der Waals surface area contributed by atoms with Gasteiger partial charge in [-0.1, -0.05) is 0 Å². The molecule has 0 amide bonds. The van der Waals surface area contributed by atoms with Gasteiger partial charge in [0.25, 0.3) is 0 Å². The van der Waals surface area contributed by atoms with Crippen molar-refractivity contribution in [3.8, 4) is 0 Å². The monoisotopic (exact) mass is 165 g/mol. The predicted molar refractivity (Wildman–Crippen MR) is 40.5 cm³/mol. The second-order valence-corrected chi connectivity index (χ2v) is 2.48. The number of carboxylic acids is 1. The molecule has 0 aliphatic carbocycles. The minimum Gasteiger partial charge on any atom is -0.480 e. The van der Waals surface area contributed by atoms with Crippen molar-refractivity contribution in [2.45, 2.75) is 18.9 Å². The minimum atomic E-state index is -0.685. The van der Waals surface area contributed by atoms with Crippen molar-refractivity contribution >= 4 is 18.4 Å². The van der Waals surface area contributed by atoms with Gasteiger partial charge in [-0.3, -0.25) is 9.69 Å². The van der Waals surface area contributed by atoms with Gasteiger partial charge in [0.1, 0.15) is 6.04 Å². The van der Waals surface area contributed by atoms with Crippen LogP contribution in [0, 0.1) is 0 Å². The highest BCUT2D eigenvalue weighted by molar-refractivity contribution is 5.85. The Bertz CT molecular complexity index is 129. The summed E-state index contributed by atoms with van der Waals surface area (Å²) in [6.45, 7) is 0.928. The highest BCUT2D eigenvalue weighted by Gasteiger charge is 2.26. The number of likely N-dealkylation sites (tertiary alicyclic amines) is 1. The van der Waals surface area contributed by atoms with Gasteiger partial charge in [0.05, 0.1) is 0 Å². The molecule has 1 N–H and O–H groups in total. The number of carboxylic acid groups (broad SMARTS) is 1. The summed E-state index contributed by atoms with van der Waals surface area (Å²) in [5.74, 6) is -0.685. The van der Waals surface area contributed by atoms with E-state index in [1.165, 1.54) is 0 Å². The number of halogens is 1. The summed E-state index contributed by atoms with van der Waals surface area (Å²) in [5.41, 5.74) is 0. The highest BCUT2D eigenvalue weighted by atomic mass is 35.5. The zero-order valence-corrected chi connectivity index (χ0v) is 6.73. The van der Waals surface area contributed by atoms with E-state index in [0.29, 0.717) is 0 Å². The van der Waals surface area contributed by atoms with Gasteiger partial charge in [-0.15, -0.1) is 12.4 Å². The first-order chi connectivity index (χ1) is 4.22. The molecular formula is C6H12ClNO2. The SMILES string of the molecule is CN1CCC[C@@H]1C(=O)O.Cl. The summed E-state index contributed by atoms with van der Waals surface area (Å²) in [6.07, 6.45) is 1.83. The fourth-order valence-corrected chi connectivity index (χ4v) is 1.22. The maximum atomic E-state index is 10.4. The summed E-state index contributed by atoms with van der Waals surface area (Å²) in [4.78, 5) is 12.2. The maximum Gasteiger partial charge on any atom is 0.320 e. The fraction of sp³-hybridized carbons (Fsp3) is 0.833. The van der Waals surface area contributed by atoms with Gasteiger partial charge in [0.15, 0.2) is 0 Å². The molecule has 4 heteroatoms. The standard InChI is InChI=1S/C6H11NO2.ClH/c1-7-4-2-3-5(7)6(8)9;/h5H,2-4H2,1H3,(H,8,9);1H/t5-;/m1./s1. The molecule has 60 valence electrons. The molecule has 0 unspecified atom stereocenters. The lowest BCUT2D eigenvalue weighted by molar-refractivity contribution is -0.141. The number of aliphatic carboxylic acids is 1. The third kappa shape index (κ3) is 1.85. The smallest absolute Gasteiger partial charge is 0.320 e. The maximum absolute atomic E-state index is 10.4. The highest BCUT2D eigenvalue weighted by Crippen LogP contribution is 2.13. The molecule has 0 aromatic heterocycles. The van der Waals surface area contributed by atoms with E-state index >= 15 is 0 Å². The van der Waals surface area contributed by atoms with Gasteiger partial charge >= 0.3 is 5.97 Å². The molecule has 0 bridgehead atoms. The number of hydrogen-bond acceptors (Lipinski definition) is 2. The third-order valence-corrected chi connectivity index (χ3v) is 1.81. The number of hydrogen-bond donors (Lipinski definition) is 1. The van der Waals surface area contributed by atoms with Crippen LogP contribution in [-0.4, -0.2) is 35.6 Å². The molecule has 0 aromatic rings. The van der Waals surface area contributed by atoms with Crippen LogP contribution >= 0.6 is 12.4 Å². The lowest BCUT2D eigenvalue weighted by atomic mass is 10.2. The Morgan fingerprint density at radius 1 is 1.70 bits per heavy atom. The molecule has 1 fully saturated rings. The Morgan fingerprint density at radius 3 is 2.50 bits per heavy atom. The van der Waals surface area contributed by atoms with E-state index in [1.54, 1.807) is 0 Å². The van der Waals surface area contributed by atoms with Gasteiger partial charge in [0.2, 0.25) is 0 Å². The van der Waals surface area contributed by atoms with E-state index in [1.807, 2.05) is 11.9 Å². The van der Waals surface area contributed by atoms with Crippen molar-refractivity contribution < 1.29 is 9.90 Å². The van der Waals surface area contributed by atoms with Gasteiger partial charge < -0.3 is 5.11 Å². The van der Waals surface area contributed by atoms with E-state index in [4.69, 9.17) is 5.11 Å². The molecule has 1 heterocycles. The molecule has 1 saturated heterocycles. The Kier molecular flexibility index (Phi) is 3.68. The Balaban J connectivity index is 0.000000810. The molecule has 0 saturated carbocycles. The summed E-state index contributed by atoms with van der Waals surface area (Å²) in [5, 5.41) is 8.54. The van der Waals surface area contributed by atoms with Crippen molar-refractivity contribution in [3.63, 3.8) is 0 Å². The Hall–Kier alpha value is -0.280. The van der Waals surface area contributed by atoms with E-state index in [0.717, 1.165) is 19.4 Å². The van der Waals surface area contributed by atoms with Gasteiger partial charge in [-0.25, -0.2) is 0 Å². The molecule has 10 heavy (non-hydrogen) atoms. The zero-order chi connectivity index (χ0) is 6.85. The average molecular weight is 166 g/mol. The quantitative estimate of drug-likeness (QED) is 0.618. The van der Waals surface area contributed by atoms with E-state index in [-0.39, 0.29) is 18.4 Å². The van der Waals surface area contributed by atoms with Crippen molar-refractivity contribution in [1.82, 2.24) is 4.90 Å². The van der Waals surface area contributed by atoms with Crippen LogP contribution in [0.1, 0.15) is 12.8 Å². The van der Waals surface area contributed by atoms with Crippen LogP contribution < -0.4 is 0 Å².